The molecule has 1 unspecified atom stereocenters. The van der Waals surface area contributed by atoms with Gasteiger partial charge in [-0.3, -0.25) is 9.59 Å². The van der Waals surface area contributed by atoms with E-state index in [-0.39, 0.29) is 35.8 Å². The molecule has 0 spiro atoms. The first-order chi connectivity index (χ1) is 10.7. The van der Waals surface area contributed by atoms with E-state index in [9.17, 15) is 9.59 Å². The van der Waals surface area contributed by atoms with E-state index >= 15 is 0 Å². The second-order valence-corrected chi connectivity index (χ2v) is 4.54. The minimum absolute atomic E-state index is 0.0546. The lowest BCUT2D eigenvalue weighted by Crippen LogP contribution is -2.49. The summed E-state index contributed by atoms with van der Waals surface area (Å²) < 4.78 is 31.8. The lowest BCUT2D eigenvalue weighted by atomic mass is 10.0. The van der Waals surface area contributed by atoms with Crippen LogP contribution in [-0.2, 0) is 11.3 Å². The summed E-state index contributed by atoms with van der Waals surface area (Å²) in [5.41, 5.74) is 6.40. The molecule has 3 N–H and O–H groups in total. The van der Waals surface area contributed by atoms with Crippen molar-refractivity contribution in [2.24, 2.45) is 0 Å². The van der Waals surface area contributed by atoms with Gasteiger partial charge >= 0.3 is 0 Å². The topological polar surface area (TPSA) is 75.4 Å². The summed E-state index contributed by atoms with van der Waals surface area (Å²) in [7, 11) is 0. The highest BCUT2D eigenvalue weighted by molar-refractivity contribution is 6.02. The lowest BCUT2D eigenvalue weighted by molar-refractivity contribution is -0.126. The summed E-state index contributed by atoms with van der Waals surface area (Å²) in [6.07, 6.45) is 0.456. The highest BCUT2D eigenvalue weighted by atomic mass is 16.2. The zero-order valence-electron chi connectivity index (χ0n) is 14.2. The van der Waals surface area contributed by atoms with Gasteiger partial charge in [-0.1, -0.05) is 12.6 Å². The van der Waals surface area contributed by atoms with Gasteiger partial charge < -0.3 is 16.0 Å². The van der Waals surface area contributed by atoms with Gasteiger partial charge in [0.2, 0.25) is 5.91 Å². The molecule has 2 aliphatic rings. The molecular weight excluding hydrogens is 242 g/mol. The fourth-order valence-electron chi connectivity index (χ4n) is 2.31. The molecule has 1 fully saturated rings. The number of benzene rings is 1. The van der Waals surface area contributed by atoms with Crippen LogP contribution < -0.4 is 11.1 Å². The third-order valence-corrected chi connectivity index (χ3v) is 3.33. The van der Waals surface area contributed by atoms with Crippen molar-refractivity contribution in [2.75, 3.05) is 5.73 Å². The highest BCUT2D eigenvalue weighted by Crippen LogP contribution is 2.31. The van der Waals surface area contributed by atoms with Crippen LogP contribution >= 0.6 is 0 Å². The van der Waals surface area contributed by atoms with Crippen LogP contribution in [0.25, 0.3) is 0 Å². The molecule has 1 saturated heterocycles. The molecule has 0 aromatic heterocycles. The summed E-state index contributed by atoms with van der Waals surface area (Å²) in [4.78, 5) is 25.9. The number of fused-ring (bicyclic) bond motifs is 1. The zero-order valence-corrected chi connectivity index (χ0v) is 10.2. The molecule has 1 aromatic rings. The molecule has 19 heavy (non-hydrogen) atoms. The second-order valence-electron chi connectivity index (χ2n) is 4.54. The van der Waals surface area contributed by atoms with Crippen molar-refractivity contribution in [1.29, 1.82) is 0 Å². The molecule has 2 aliphatic heterocycles. The van der Waals surface area contributed by atoms with Gasteiger partial charge in [0.25, 0.3) is 5.91 Å². The predicted molar refractivity (Wildman–Crippen MR) is 71.0 cm³/mol. The quantitative estimate of drug-likeness (QED) is 0.741. The van der Waals surface area contributed by atoms with Gasteiger partial charge in [0.15, 0.2) is 0 Å². The van der Waals surface area contributed by atoms with E-state index in [1.165, 1.54) is 0 Å². The SMILES string of the molecule is [2H]c1c([2H])c(N)c2c(c1[2H])C(=O)N(C1([2H])CCC(=C)NC1=O)C2. The molecule has 0 aliphatic carbocycles. The van der Waals surface area contributed by atoms with E-state index in [4.69, 9.17) is 11.2 Å². The van der Waals surface area contributed by atoms with E-state index in [2.05, 4.69) is 11.9 Å². The van der Waals surface area contributed by atoms with Gasteiger partial charge in [-0.05, 0) is 24.9 Å². The Morgan fingerprint density at radius 1 is 1.53 bits per heavy atom. The molecule has 1 atom stereocenters. The maximum absolute atomic E-state index is 12.6. The third kappa shape index (κ3) is 1.78. The summed E-state index contributed by atoms with van der Waals surface area (Å²) in [6.45, 7) is 3.52. The summed E-state index contributed by atoms with van der Waals surface area (Å²) in [6, 6.07) is -2.96. The monoisotopic (exact) mass is 261 g/mol. The van der Waals surface area contributed by atoms with Gasteiger partial charge in [0, 0.05) is 29.1 Å². The number of nitrogens with one attached hydrogen (secondary N) is 1. The Hall–Kier alpha value is -2.30. The Balaban J connectivity index is 2.08. The summed E-state index contributed by atoms with van der Waals surface area (Å²) in [5.74, 6) is -1.33. The first kappa shape index (κ1) is 7.99. The van der Waals surface area contributed by atoms with Crippen LogP contribution in [0.4, 0.5) is 5.69 Å². The van der Waals surface area contributed by atoms with Gasteiger partial charge in [0.05, 0.1) is 5.48 Å². The van der Waals surface area contributed by atoms with Crippen molar-refractivity contribution in [2.45, 2.75) is 25.4 Å². The normalized spacial score (nSPS) is 29.3. The second kappa shape index (κ2) is 4.12. The number of hydrogen-bond donors (Lipinski definition) is 2. The number of nitrogens with two attached hydrogens (primary N) is 1. The van der Waals surface area contributed by atoms with Crippen molar-refractivity contribution < 1.29 is 15.1 Å². The molecule has 3 rings (SSSR count). The van der Waals surface area contributed by atoms with Crippen LogP contribution in [0.5, 0.6) is 0 Å². The Kier molecular flexibility index (Phi) is 1.73. The predicted octanol–water partition coefficient (Wildman–Crippen LogP) is 1.02. The average molecular weight is 261 g/mol. The summed E-state index contributed by atoms with van der Waals surface area (Å²) in [5, 5.41) is 2.48. The van der Waals surface area contributed by atoms with Crippen LogP contribution in [0.2, 0.25) is 0 Å². The number of nitrogens with zero attached hydrogens (tertiary/aromatic N) is 1. The maximum Gasteiger partial charge on any atom is 0.255 e. The number of nitrogen functional groups attached to an aromatic ring is 1. The van der Waals surface area contributed by atoms with Gasteiger partial charge in [0.1, 0.15) is 6.02 Å². The fraction of sp³-hybridized carbons (Fsp3) is 0.286. The molecule has 2 heterocycles. The van der Waals surface area contributed by atoms with E-state index < -0.39 is 29.9 Å². The van der Waals surface area contributed by atoms with Crippen molar-refractivity contribution in [1.82, 2.24) is 10.2 Å². The fourth-order valence-corrected chi connectivity index (χ4v) is 2.31. The molecule has 5 heteroatoms. The number of amides is 2. The van der Waals surface area contributed by atoms with Crippen LogP contribution in [0.15, 0.2) is 30.4 Å². The van der Waals surface area contributed by atoms with Crippen molar-refractivity contribution in [3.63, 3.8) is 0 Å². The number of carbonyl (C=O) groups is 2. The number of rotatable bonds is 1. The molecule has 5 nitrogen and oxygen atoms in total. The number of allylic oxidation sites excluding steroid dienone is 1. The van der Waals surface area contributed by atoms with Crippen LogP contribution in [0, 0.1) is 0 Å². The van der Waals surface area contributed by atoms with Crippen LogP contribution in [0.1, 0.15) is 34.2 Å². The van der Waals surface area contributed by atoms with Gasteiger partial charge in [-0.15, -0.1) is 0 Å². The third-order valence-electron chi connectivity index (χ3n) is 3.33. The number of anilines is 1. The Morgan fingerprint density at radius 3 is 3.05 bits per heavy atom. The Bertz CT molecular complexity index is 780. The maximum atomic E-state index is 12.6. The number of piperidine rings is 1. The highest BCUT2D eigenvalue weighted by Gasteiger charge is 2.38. The van der Waals surface area contributed by atoms with Crippen LogP contribution in [0.3, 0.4) is 0 Å². The van der Waals surface area contributed by atoms with Gasteiger partial charge in [-0.2, -0.15) is 0 Å². The summed E-state index contributed by atoms with van der Waals surface area (Å²) >= 11 is 0. The molecule has 0 bridgehead atoms. The minimum atomic E-state index is -1.82. The van der Waals surface area contributed by atoms with Crippen LogP contribution in [-0.4, -0.2) is 22.7 Å². The van der Waals surface area contributed by atoms with E-state index in [1.807, 2.05) is 0 Å². The zero-order chi connectivity index (χ0) is 17.1. The molecule has 0 saturated carbocycles. The largest absolute Gasteiger partial charge is 0.398 e. The Morgan fingerprint density at radius 2 is 2.32 bits per heavy atom. The number of carbonyl (C=O) groups excluding carboxylic acids is 2. The first-order valence-corrected chi connectivity index (χ1v) is 5.87. The number of hydrogen-bond acceptors (Lipinski definition) is 3. The molecule has 1 aromatic carbocycles. The standard InChI is InChI=1S/C14H15N3O2/c1-8-5-6-12(13(18)16-8)17-7-10-9(14(17)19)3-2-4-11(10)15/h2-4,12H,1,5-7,15H2,(H,16,18)/i2D,3D,4D,12D. The minimum Gasteiger partial charge on any atom is -0.398 e. The first-order valence-electron chi connectivity index (χ1n) is 7.87. The van der Waals surface area contributed by atoms with Crippen molar-refractivity contribution in [3.05, 3.63) is 41.5 Å². The van der Waals surface area contributed by atoms with Gasteiger partial charge in [-0.25, -0.2) is 0 Å². The molecule has 2 amide bonds. The molecule has 0 radical (unpaired) electrons. The Labute approximate surface area is 116 Å². The smallest absolute Gasteiger partial charge is 0.255 e. The van der Waals surface area contributed by atoms with E-state index in [0.29, 0.717) is 12.1 Å². The van der Waals surface area contributed by atoms with Crippen molar-refractivity contribution in [3.8, 4) is 0 Å². The van der Waals surface area contributed by atoms with E-state index in [1.54, 1.807) is 0 Å². The lowest BCUT2D eigenvalue weighted by Gasteiger charge is -2.30. The van der Waals surface area contributed by atoms with Crippen molar-refractivity contribution >= 4 is 17.5 Å². The molecule has 98 valence electrons. The van der Waals surface area contributed by atoms with E-state index in [0.717, 1.165) is 4.90 Å². The average Bonchev–Trinajstić information content (AvgIpc) is 2.85. The molecular formula is C14H15N3O2.